The van der Waals surface area contributed by atoms with Gasteiger partial charge in [-0.1, -0.05) is 18.2 Å². The zero-order valence-corrected chi connectivity index (χ0v) is 16.4. The predicted octanol–water partition coefficient (Wildman–Crippen LogP) is 4.61. The minimum Gasteiger partial charge on any atom is -0.442 e. The van der Waals surface area contributed by atoms with E-state index in [4.69, 9.17) is 15.9 Å². The second-order valence-corrected chi connectivity index (χ2v) is 7.04. The van der Waals surface area contributed by atoms with E-state index < -0.39 is 6.03 Å². The summed E-state index contributed by atoms with van der Waals surface area (Å²) in [5, 5.41) is 0.679. The first-order chi connectivity index (χ1) is 13.8. The van der Waals surface area contributed by atoms with E-state index in [2.05, 4.69) is 9.97 Å². The van der Waals surface area contributed by atoms with Gasteiger partial charge in [0.1, 0.15) is 17.9 Å². The van der Waals surface area contributed by atoms with Crippen LogP contribution in [0.15, 0.2) is 53.2 Å². The smallest absolute Gasteiger partial charge is 0.323 e. The maximum absolute atomic E-state index is 12.2. The largest absolute Gasteiger partial charge is 0.442 e. The average molecular weight is 387 g/mol. The molecule has 2 aromatic heterocycles. The Hall–Kier alpha value is -3.87. The second kappa shape index (κ2) is 6.94. The van der Waals surface area contributed by atoms with Crippen molar-refractivity contribution in [1.29, 1.82) is 0 Å². The third-order valence-corrected chi connectivity index (χ3v) is 4.79. The molecule has 0 aliphatic carbocycles. The fourth-order valence-electron chi connectivity index (χ4n) is 3.67. The first kappa shape index (κ1) is 18.5. The molecular weight excluding hydrogens is 366 g/mol. The molecule has 4 aromatic rings. The molecule has 7 nitrogen and oxygen atoms in total. The lowest BCUT2D eigenvalue weighted by molar-refractivity contribution is 0.256. The normalized spacial score (nSPS) is 11.0. The monoisotopic (exact) mass is 387 g/mol. The van der Waals surface area contributed by atoms with Crippen molar-refractivity contribution in [3.05, 3.63) is 65.7 Å². The molecule has 0 fully saturated rings. The number of benzene rings is 2. The number of hydrogen-bond donors (Lipinski definition) is 2. The number of amides is 2. The van der Waals surface area contributed by atoms with Crippen molar-refractivity contribution in [3.8, 4) is 11.1 Å². The molecule has 2 heterocycles. The van der Waals surface area contributed by atoms with Crippen LogP contribution in [0.5, 0.6) is 0 Å². The highest BCUT2D eigenvalue weighted by molar-refractivity contribution is 6.02. The molecule has 2 aromatic carbocycles. The standard InChI is InChI=1S/C22H21N5O2/c1-12-8-13(2)10-17(9-12)27(22(24)28)16-6-4-15(5-7-16)18-14(3)29-21-19(18)20(23)25-11-26-21/h4-11H,1-3H3,(H2,24,28)(H2,23,25,26). The molecule has 0 atom stereocenters. The van der Waals surface area contributed by atoms with Gasteiger partial charge in [0.2, 0.25) is 5.71 Å². The summed E-state index contributed by atoms with van der Waals surface area (Å²) in [7, 11) is 0. The number of carbonyl (C=O) groups excluding carboxylic acids is 1. The van der Waals surface area contributed by atoms with Crippen LogP contribution in [0.4, 0.5) is 22.0 Å². The summed E-state index contributed by atoms with van der Waals surface area (Å²) in [5.41, 5.74) is 17.4. The van der Waals surface area contributed by atoms with Crippen molar-refractivity contribution in [1.82, 2.24) is 9.97 Å². The first-order valence-electron chi connectivity index (χ1n) is 9.13. The van der Waals surface area contributed by atoms with E-state index in [1.54, 1.807) is 0 Å². The number of nitrogen functional groups attached to an aromatic ring is 1. The number of carbonyl (C=O) groups is 1. The van der Waals surface area contributed by atoms with Crippen LogP contribution in [0.3, 0.4) is 0 Å². The van der Waals surface area contributed by atoms with Crippen LogP contribution >= 0.6 is 0 Å². The van der Waals surface area contributed by atoms with Gasteiger partial charge in [-0.2, -0.15) is 0 Å². The minimum atomic E-state index is -0.551. The summed E-state index contributed by atoms with van der Waals surface area (Å²) < 4.78 is 5.73. The number of rotatable bonds is 3. The highest BCUT2D eigenvalue weighted by Gasteiger charge is 2.19. The number of urea groups is 1. The minimum absolute atomic E-state index is 0.361. The van der Waals surface area contributed by atoms with Gasteiger partial charge in [-0.3, -0.25) is 4.90 Å². The van der Waals surface area contributed by atoms with Crippen LogP contribution in [0.2, 0.25) is 0 Å². The van der Waals surface area contributed by atoms with E-state index in [9.17, 15) is 4.79 Å². The lowest BCUT2D eigenvalue weighted by Gasteiger charge is -2.22. The van der Waals surface area contributed by atoms with E-state index in [1.165, 1.54) is 11.2 Å². The number of nitrogens with zero attached hydrogens (tertiary/aromatic N) is 3. The maximum atomic E-state index is 12.2. The van der Waals surface area contributed by atoms with Crippen LogP contribution in [0, 0.1) is 20.8 Å². The summed E-state index contributed by atoms with van der Waals surface area (Å²) >= 11 is 0. The summed E-state index contributed by atoms with van der Waals surface area (Å²) in [6, 6.07) is 12.8. The Bertz CT molecular complexity index is 1210. The molecule has 0 spiro atoms. The first-order valence-corrected chi connectivity index (χ1v) is 9.13. The summed E-state index contributed by atoms with van der Waals surface area (Å²) in [5.74, 6) is 1.06. The van der Waals surface area contributed by atoms with Gasteiger partial charge >= 0.3 is 6.03 Å². The van der Waals surface area contributed by atoms with Gasteiger partial charge in [0.25, 0.3) is 0 Å². The number of aromatic nitrogens is 2. The predicted molar refractivity (Wildman–Crippen MR) is 114 cm³/mol. The van der Waals surface area contributed by atoms with Crippen LogP contribution < -0.4 is 16.4 Å². The highest BCUT2D eigenvalue weighted by Crippen LogP contribution is 2.37. The Kier molecular flexibility index (Phi) is 4.43. The topological polar surface area (TPSA) is 111 Å². The molecule has 4 rings (SSSR count). The molecule has 0 aliphatic rings. The van der Waals surface area contributed by atoms with Crippen molar-refractivity contribution in [2.75, 3.05) is 10.6 Å². The molecule has 0 radical (unpaired) electrons. The van der Waals surface area contributed by atoms with E-state index in [-0.39, 0.29) is 0 Å². The van der Waals surface area contributed by atoms with Crippen LogP contribution in [0.1, 0.15) is 16.9 Å². The number of furan rings is 1. The molecule has 2 amide bonds. The van der Waals surface area contributed by atoms with Gasteiger partial charge in [-0.05, 0) is 61.7 Å². The van der Waals surface area contributed by atoms with E-state index >= 15 is 0 Å². The molecule has 0 unspecified atom stereocenters. The van der Waals surface area contributed by atoms with Crippen LogP contribution in [-0.2, 0) is 0 Å². The fraction of sp³-hybridized carbons (Fsp3) is 0.136. The van der Waals surface area contributed by atoms with Gasteiger partial charge in [0.15, 0.2) is 0 Å². The molecule has 146 valence electrons. The molecule has 29 heavy (non-hydrogen) atoms. The summed E-state index contributed by atoms with van der Waals surface area (Å²) in [6.07, 6.45) is 1.38. The Balaban J connectivity index is 1.80. The SMILES string of the molecule is Cc1cc(C)cc(N(C(N)=O)c2ccc(-c3c(C)oc4ncnc(N)c34)cc2)c1. The molecule has 4 N–H and O–H groups in total. The molecule has 0 saturated carbocycles. The Morgan fingerprint density at radius 3 is 2.24 bits per heavy atom. The Morgan fingerprint density at radius 2 is 1.62 bits per heavy atom. The second-order valence-electron chi connectivity index (χ2n) is 7.04. The average Bonchev–Trinajstić information content (AvgIpc) is 2.99. The molecule has 0 aliphatic heterocycles. The van der Waals surface area contributed by atoms with E-state index in [0.29, 0.717) is 28.4 Å². The van der Waals surface area contributed by atoms with Crippen molar-refractivity contribution in [2.24, 2.45) is 5.73 Å². The Morgan fingerprint density at radius 1 is 0.966 bits per heavy atom. The van der Waals surface area contributed by atoms with Gasteiger partial charge in [-0.15, -0.1) is 0 Å². The van der Waals surface area contributed by atoms with Crippen LogP contribution in [-0.4, -0.2) is 16.0 Å². The zero-order chi connectivity index (χ0) is 20.7. The van der Waals surface area contributed by atoms with Crippen LogP contribution in [0.25, 0.3) is 22.2 Å². The van der Waals surface area contributed by atoms with Crippen molar-refractivity contribution in [2.45, 2.75) is 20.8 Å². The number of hydrogen-bond acceptors (Lipinski definition) is 5. The molecule has 0 bridgehead atoms. The van der Waals surface area contributed by atoms with Crippen molar-refractivity contribution in [3.63, 3.8) is 0 Å². The van der Waals surface area contributed by atoms with E-state index in [1.807, 2.05) is 63.2 Å². The number of primary amides is 1. The van der Waals surface area contributed by atoms with Gasteiger partial charge in [0.05, 0.1) is 16.8 Å². The third-order valence-electron chi connectivity index (χ3n) is 4.79. The number of aryl methyl sites for hydroxylation is 3. The number of nitrogens with two attached hydrogens (primary N) is 2. The summed E-state index contributed by atoms with van der Waals surface area (Å²) in [6.45, 7) is 5.83. The van der Waals surface area contributed by atoms with Gasteiger partial charge in [0, 0.05) is 5.56 Å². The quantitative estimate of drug-likeness (QED) is 0.533. The lowest BCUT2D eigenvalue weighted by atomic mass is 10.0. The molecular formula is C22H21N5O2. The summed E-state index contributed by atoms with van der Waals surface area (Å²) in [4.78, 5) is 21.9. The number of fused-ring (bicyclic) bond motifs is 1. The van der Waals surface area contributed by atoms with Gasteiger partial charge in [-0.25, -0.2) is 14.8 Å². The molecule has 0 saturated heterocycles. The molecule has 7 heteroatoms. The lowest BCUT2D eigenvalue weighted by Crippen LogP contribution is -2.31. The van der Waals surface area contributed by atoms with Crippen molar-refractivity contribution < 1.29 is 9.21 Å². The fourth-order valence-corrected chi connectivity index (χ4v) is 3.67. The number of anilines is 3. The Labute approximate surface area is 168 Å². The van der Waals surface area contributed by atoms with E-state index in [0.717, 1.165) is 27.9 Å². The zero-order valence-electron chi connectivity index (χ0n) is 16.4. The van der Waals surface area contributed by atoms with Crippen molar-refractivity contribution >= 4 is 34.3 Å². The van der Waals surface area contributed by atoms with Gasteiger partial charge < -0.3 is 15.9 Å². The highest BCUT2D eigenvalue weighted by atomic mass is 16.3. The third kappa shape index (κ3) is 3.27. The maximum Gasteiger partial charge on any atom is 0.323 e.